The van der Waals surface area contributed by atoms with Gasteiger partial charge in [-0.25, -0.2) is 4.68 Å². The normalized spacial score (nSPS) is 13.2. The van der Waals surface area contributed by atoms with Gasteiger partial charge in [-0.2, -0.15) is 10.4 Å². The number of fused-ring (bicyclic) bond motifs is 1. The molecule has 1 N–H and O–H groups in total. The summed E-state index contributed by atoms with van der Waals surface area (Å²) in [6.07, 6.45) is 7.11. The highest BCUT2D eigenvalue weighted by molar-refractivity contribution is 5.73. The maximum Gasteiger partial charge on any atom is 0.148 e. The van der Waals surface area contributed by atoms with Crippen molar-refractivity contribution in [3.05, 3.63) is 47.9 Å². The first-order valence-electron chi connectivity index (χ1n) is 5.23. The van der Waals surface area contributed by atoms with Crippen LogP contribution in [0.4, 0.5) is 5.82 Å². The lowest BCUT2D eigenvalue weighted by Crippen LogP contribution is -2.15. The van der Waals surface area contributed by atoms with E-state index in [1.807, 2.05) is 18.2 Å². The number of nitrogens with zero attached hydrogens (tertiary/aromatic N) is 4. The number of hydrogen-bond donors (Lipinski definition) is 1. The van der Waals surface area contributed by atoms with Crippen molar-refractivity contribution in [3.63, 3.8) is 0 Å². The Hall–Kier alpha value is -2.61. The first-order valence-corrected chi connectivity index (χ1v) is 5.23. The summed E-state index contributed by atoms with van der Waals surface area (Å²) in [5.74, 6) is 0.744. The van der Waals surface area contributed by atoms with Crippen molar-refractivity contribution < 1.29 is 0 Å². The summed E-state index contributed by atoms with van der Waals surface area (Å²) < 4.78 is 1.74. The zero-order valence-corrected chi connectivity index (χ0v) is 8.96. The van der Waals surface area contributed by atoms with Crippen molar-refractivity contribution in [2.75, 3.05) is 11.9 Å². The van der Waals surface area contributed by atoms with Crippen LogP contribution in [0.25, 0.3) is 5.70 Å². The van der Waals surface area contributed by atoms with Crippen LogP contribution in [0.3, 0.4) is 0 Å². The van der Waals surface area contributed by atoms with Gasteiger partial charge in [0.05, 0.1) is 11.9 Å². The summed E-state index contributed by atoms with van der Waals surface area (Å²) in [6, 6.07) is 5.97. The number of hydrogen-bond acceptors (Lipinski definition) is 4. The largest absolute Gasteiger partial charge is 0.365 e. The molecule has 2 aromatic heterocycles. The van der Waals surface area contributed by atoms with E-state index in [-0.39, 0.29) is 0 Å². The molecule has 0 fully saturated rings. The molecule has 5 heteroatoms. The molecule has 0 saturated carbocycles. The van der Waals surface area contributed by atoms with E-state index in [9.17, 15) is 0 Å². The van der Waals surface area contributed by atoms with Crippen LogP contribution >= 0.6 is 0 Å². The van der Waals surface area contributed by atoms with Crippen molar-refractivity contribution in [3.8, 4) is 6.07 Å². The Labute approximate surface area is 98.0 Å². The van der Waals surface area contributed by atoms with Crippen LogP contribution in [-0.2, 0) is 0 Å². The van der Waals surface area contributed by atoms with Crippen LogP contribution in [0.2, 0.25) is 0 Å². The fourth-order valence-electron chi connectivity index (χ4n) is 1.87. The van der Waals surface area contributed by atoms with Gasteiger partial charge in [-0.1, -0.05) is 0 Å². The number of aromatic nitrogens is 3. The van der Waals surface area contributed by atoms with Gasteiger partial charge in [0.15, 0.2) is 0 Å². The summed E-state index contributed by atoms with van der Waals surface area (Å²) in [5, 5.41) is 16.3. The average Bonchev–Trinajstić information content (AvgIpc) is 2.82. The smallest absolute Gasteiger partial charge is 0.148 e. The predicted molar refractivity (Wildman–Crippen MR) is 63.0 cm³/mol. The molecular weight excluding hydrogens is 214 g/mol. The van der Waals surface area contributed by atoms with Crippen LogP contribution in [-0.4, -0.2) is 21.3 Å². The van der Waals surface area contributed by atoms with Crippen molar-refractivity contribution >= 4 is 11.5 Å². The summed E-state index contributed by atoms with van der Waals surface area (Å²) in [7, 11) is 0. The third-order valence-corrected chi connectivity index (χ3v) is 2.64. The quantitative estimate of drug-likeness (QED) is 0.794. The minimum absolute atomic E-state index is 0.555. The van der Waals surface area contributed by atoms with Crippen molar-refractivity contribution in [2.24, 2.45) is 0 Å². The molecule has 17 heavy (non-hydrogen) atoms. The first kappa shape index (κ1) is 9.60. The number of nitrogens with one attached hydrogen (secondary N) is 1. The average molecular weight is 223 g/mol. The molecule has 0 atom stereocenters. The maximum absolute atomic E-state index is 8.96. The lowest BCUT2D eigenvalue weighted by molar-refractivity contribution is 0.884. The molecule has 2 aromatic rings. The van der Waals surface area contributed by atoms with Crippen molar-refractivity contribution in [2.45, 2.75) is 0 Å². The maximum atomic E-state index is 8.96. The molecule has 0 amide bonds. The Morgan fingerprint density at radius 2 is 2.35 bits per heavy atom. The molecule has 0 saturated heterocycles. The van der Waals surface area contributed by atoms with Gasteiger partial charge in [-0.05, 0) is 18.2 Å². The van der Waals surface area contributed by atoms with E-state index in [4.69, 9.17) is 5.26 Å². The molecule has 0 bridgehead atoms. The van der Waals surface area contributed by atoms with E-state index in [2.05, 4.69) is 21.5 Å². The van der Waals surface area contributed by atoms with E-state index in [1.54, 1.807) is 23.3 Å². The molecule has 1 aliphatic rings. The third-order valence-electron chi connectivity index (χ3n) is 2.64. The van der Waals surface area contributed by atoms with E-state index < -0.39 is 0 Å². The Morgan fingerprint density at radius 3 is 3.12 bits per heavy atom. The second-order valence-electron chi connectivity index (χ2n) is 3.64. The van der Waals surface area contributed by atoms with E-state index >= 15 is 0 Å². The predicted octanol–water partition coefficient (Wildman–Crippen LogP) is 1.46. The van der Waals surface area contributed by atoms with E-state index in [0.717, 1.165) is 17.1 Å². The molecule has 1 aliphatic heterocycles. The molecule has 5 nitrogen and oxygen atoms in total. The minimum atomic E-state index is 0.555. The van der Waals surface area contributed by atoms with Crippen molar-refractivity contribution in [1.82, 2.24) is 14.8 Å². The fourth-order valence-corrected chi connectivity index (χ4v) is 1.87. The molecule has 0 spiro atoms. The van der Waals surface area contributed by atoms with Gasteiger partial charge < -0.3 is 5.32 Å². The monoisotopic (exact) mass is 223 g/mol. The van der Waals surface area contributed by atoms with Gasteiger partial charge in [0.2, 0.25) is 0 Å². The second-order valence-corrected chi connectivity index (χ2v) is 3.64. The molecular formula is C12H9N5. The third kappa shape index (κ3) is 1.47. The van der Waals surface area contributed by atoms with Crippen molar-refractivity contribution in [1.29, 1.82) is 5.26 Å². The molecule has 0 aliphatic carbocycles. The summed E-state index contributed by atoms with van der Waals surface area (Å²) in [4.78, 5) is 4.09. The number of anilines is 1. The van der Waals surface area contributed by atoms with Gasteiger partial charge in [0.25, 0.3) is 0 Å². The summed E-state index contributed by atoms with van der Waals surface area (Å²) >= 11 is 0. The van der Waals surface area contributed by atoms with Gasteiger partial charge in [-0.15, -0.1) is 0 Å². The molecule has 0 radical (unpaired) electrons. The Balaban J connectivity index is 2.13. The highest BCUT2D eigenvalue weighted by Crippen LogP contribution is 2.26. The van der Waals surface area contributed by atoms with Crippen LogP contribution in [0.5, 0.6) is 0 Å². The molecule has 0 aromatic carbocycles. The Bertz CT molecular complexity index is 618. The number of pyridine rings is 1. The lowest BCUT2D eigenvalue weighted by atomic mass is 10.2. The summed E-state index contributed by atoms with van der Waals surface area (Å²) in [5.41, 5.74) is 2.50. The molecule has 0 unspecified atom stereocenters. The second kappa shape index (κ2) is 3.76. The van der Waals surface area contributed by atoms with E-state index in [1.165, 1.54) is 0 Å². The minimum Gasteiger partial charge on any atom is -0.365 e. The zero-order chi connectivity index (χ0) is 11.7. The number of rotatable bonds is 1. The van der Waals surface area contributed by atoms with E-state index in [0.29, 0.717) is 12.1 Å². The Morgan fingerprint density at radius 1 is 1.41 bits per heavy atom. The number of nitriles is 1. The van der Waals surface area contributed by atoms with Gasteiger partial charge in [0.1, 0.15) is 17.5 Å². The summed E-state index contributed by atoms with van der Waals surface area (Å²) in [6.45, 7) is 0.685. The topological polar surface area (TPSA) is 66.5 Å². The van der Waals surface area contributed by atoms with Crippen LogP contribution in [0, 0.1) is 11.3 Å². The van der Waals surface area contributed by atoms with Crippen LogP contribution in [0.1, 0.15) is 11.1 Å². The standard InChI is InChI=1S/C12H9N5/c13-6-10-8-16-17-11(3-5-15-12(10)17)9-2-1-4-14-7-9/h1-4,7-8,15H,5H2. The zero-order valence-electron chi connectivity index (χ0n) is 8.96. The van der Waals surface area contributed by atoms with Crippen LogP contribution < -0.4 is 5.32 Å². The lowest BCUT2D eigenvalue weighted by Gasteiger charge is -2.17. The molecule has 3 rings (SSSR count). The highest BCUT2D eigenvalue weighted by Gasteiger charge is 2.17. The fraction of sp³-hybridized carbons (Fsp3) is 0.0833. The SMILES string of the molecule is N#Cc1cnn2c1NCC=C2c1cccnc1. The van der Waals surface area contributed by atoms with Crippen LogP contribution in [0.15, 0.2) is 36.8 Å². The van der Waals surface area contributed by atoms with Gasteiger partial charge in [0, 0.05) is 24.5 Å². The Kier molecular flexibility index (Phi) is 2.12. The highest BCUT2D eigenvalue weighted by atomic mass is 15.3. The molecule has 82 valence electrons. The molecule has 3 heterocycles. The first-order chi connectivity index (χ1) is 8.40. The van der Waals surface area contributed by atoms with Gasteiger partial charge in [-0.3, -0.25) is 4.98 Å². The van der Waals surface area contributed by atoms with Gasteiger partial charge >= 0.3 is 0 Å².